The molecule has 0 spiro atoms. The number of nitrogens with zero attached hydrogens (tertiary/aromatic N) is 2. The third-order valence-electron chi connectivity index (χ3n) is 4.40. The number of hydrogen-bond acceptors (Lipinski definition) is 3. The number of aromatic hydroxyl groups is 1. The number of anilines is 1. The molecule has 24 heavy (non-hydrogen) atoms. The first-order valence-electron chi connectivity index (χ1n) is 7.87. The fraction of sp³-hybridized carbons (Fsp3) is 0.158. The molecule has 2 aromatic carbocycles. The third-order valence-corrected chi connectivity index (χ3v) is 4.40. The predicted octanol–water partition coefficient (Wildman–Crippen LogP) is 3.36. The van der Waals surface area contributed by atoms with Crippen LogP contribution in [0.3, 0.4) is 0 Å². The highest BCUT2D eigenvalue weighted by molar-refractivity contribution is 5.95. The number of aryl methyl sites for hydroxylation is 1. The lowest BCUT2D eigenvalue weighted by Crippen LogP contribution is -2.24. The van der Waals surface area contributed by atoms with Gasteiger partial charge in [0.2, 0.25) is 5.91 Å². The number of fused-ring (bicyclic) bond motifs is 1. The van der Waals surface area contributed by atoms with Crippen molar-refractivity contribution in [1.29, 1.82) is 0 Å². The van der Waals surface area contributed by atoms with E-state index in [1.54, 1.807) is 16.8 Å². The van der Waals surface area contributed by atoms with Crippen LogP contribution in [-0.4, -0.2) is 20.8 Å². The molecule has 120 valence electrons. The van der Waals surface area contributed by atoms with Gasteiger partial charge in [0, 0.05) is 17.9 Å². The molecule has 2 N–H and O–H groups in total. The van der Waals surface area contributed by atoms with Crippen LogP contribution >= 0.6 is 0 Å². The third kappa shape index (κ3) is 2.34. The van der Waals surface area contributed by atoms with Crippen molar-refractivity contribution in [2.45, 2.75) is 19.3 Å². The lowest BCUT2D eigenvalue weighted by molar-refractivity contribution is -0.116. The van der Waals surface area contributed by atoms with E-state index in [-0.39, 0.29) is 17.6 Å². The van der Waals surface area contributed by atoms with Crippen molar-refractivity contribution in [2.24, 2.45) is 0 Å². The number of rotatable bonds is 2. The minimum absolute atomic E-state index is 0.0299. The lowest BCUT2D eigenvalue weighted by atomic mass is 9.86. The largest absolute Gasteiger partial charge is 0.508 e. The Morgan fingerprint density at radius 3 is 2.54 bits per heavy atom. The molecule has 0 saturated carbocycles. The second-order valence-electron chi connectivity index (χ2n) is 5.99. The zero-order valence-corrected chi connectivity index (χ0v) is 13.2. The van der Waals surface area contributed by atoms with E-state index in [4.69, 9.17) is 0 Å². The van der Waals surface area contributed by atoms with Crippen molar-refractivity contribution < 1.29 is 9.90 Å². The average molecular weight is 319 g/mol. The first kappa shape index (κ1) is 14.5. The highest BCUT2D eigenvalue weighted by atomic mass is 16.3. The molecule has 0 saturated heterocycles. The van der Waals surface area contributed by atoms with Crippen molar-refractivity contribution >= 4 is 11.7 Å². The van der Waals surface area contributed by atoms with Crippen LogP contribution in [0.25, 0.3) is 5.69 Å². The highest BCUT2D eigenvalue weighted by Crippen LogP contribution is 2.40. The molecule has 1 aliphatic rings. The Morgan fingerprint density at radius 1 is 1.12 bits per heavy atom. The van der Waals surface area contributed by atoms with Crippen LogP contribution in [0.1, 0.15) is 29.2 Å². The number of carbonyl (C=O) groups excluding carboxylic acids is 1. The monoisotopic (exact) mass is 319 g/mol. The zero-order valence-electron chi connectivity index (χ0n) is 13.2. The number of carbonyl (C=O) groups is 1. The van der Waals surface area contributed by atoms with Gasteiger partial charge >= 0.3 is 0 Å². The van der Waals surface area contributed by atoms with Gasteiger partial charge in [-0.05, 0) is 36.8 Å². The number of nitrogens with one attached hydrogen (secondary N) is 1. The molecular formula is C19H17N3O2. The lowest BCUT2D eigenvalue weighted by Gasteiger charge is -2.24. The Bertz CT molecular complexity index is 898. The summed E-state index contributed by atoms with van der Waals surface area (Å²) in [4.78, 5) is 12.3. The van der Waals surface area contributed by atoms with Gasteiger partial charge < -0.3 is 10.4 Å². The summed E-state index contributed by atoms with van der Waals surface area (Å²) in [7, 11) is 0. The standard InChI is InChI=1S/C19H17N3O2/c1-12-18-16(13-7-9-15(23)10-8-13)11-17(24)20-19(18)22(21-12)14-5-3-2-4-6-14/h2-10,16,23H,11H2,1H3,(H,20,24)/t16-/m1/s1. The average Bonchev–Trinajstić information content (AvgIpc) is 2.92. The first-order valence-corrected chi connectivity index (χ1v) is 7.87. The van der Waals surface area contributed by atoms with Crippen LogP contribution in [0.2, 0.25) is 0 Å². The zero-order chi connectivity index (χ0) is 16.7. The number of amides is 1. The van der Waals surface area contributed by atoms with Crippen LogP contribution in [0.4, 0.5) is 5.82 Å². The maximum atomic E-state index is 12.3. The van der Waals surface area contributed by atoms with Gasteiger partial charge in [-0.15, -0.1) is 0 Å². The summed E-state index contributed by atoms with van der Waals surface area (Å²) in [5.74, 6) is 0.855. The smallest absolute Gasteiger partial charge is 0.226 e. The van der Waals surface area contributed by atoms with Gasteiger partial charge in [-0.25, -0.2) is 4.68 Å². The van der Waals surface area contributed by atoms with Gasteiger partial charge in [0.1, 0.15) is 11.6 Å². The maximum Gasteiger partial charge on any atom is 0.226 e. The molecule has 1 atom stereocenters. The van der Waals surface area contributed by atoms with Crippen LogP contribution in [-0.2, 0) is 4.79 Å². The van der Waals surface area contributed by atoms with E-state index in [1.165, 1.54) is 0 Å². The molecule has 0 radical (unpaired) electrons. The number of hydrogen-bond donors (Lipinski definition) is 2. The fourth-order valence-electron chi connectivity index (χ4n) is 3.29. The van der Waals surface area contributed by atoms with E-state index in [9.17, 15) is 9.90 Å². The van der Waals surface area contributed by atoms with Gasteiger partial charge in [0.25, 0.3) is 0 Å². The maximum absolute atomic E-state index is 12.3. The molecular weight excluding hydrogens is 302 g/mol. The minimum Gasteiger partial charge on any atom is -0.508 e. The molecule has 1 aromatic heterocycles. The molecule has 0 aliphatic carbocycles. The van der Waals surface area contributed by atoms with E-state index < -0.39 is 0 Å². The van der Waals surface area contributed by atoms with Gasteiger partial charge in [-0.2, -0.15) is 5.10 Å². The van der Waals surface area contributed by atoms with Crippen molar-refractivity contribution in [3.63, 3.8) is 0 Å². The van der Waals surface area contributed by atoms with Crippen molar-refractivity contribution in [1.82, 2.24) is 9.78 Å². The van der Waals surface area contributed by atoms with Gasteiger partial charge in [0.05, 0.1) is 11.4 Å². The van der Waals surface area contributed by atoms with Crippen LogP contribution in [0.5, 0.6) is 5.75 Å². The van der Waals surface area contributed by atoms with Gasteiger partial charge in [0.15, 0.2) is 0 Å². The summed E-state index contributed by atoms with van der Waals surface area (Å²) in [6.45, 7) is 1.96. The van der Waals surface area contributed by atoms with Crippen molar-refractivity contribution in [3.05, 3.63) is 71.4 Å². The molecule has 3 aromatic rings. The van der Waals surface area contributed by atoms with E-state index in [0.717, 1.165) is 28.3 Å². The second kappa shape index (κ2) is 5.53. The van der Waals surface area contributed by atoms with E-state index in [1.807, 2.05) is 49.4 Å². The summed E-state index contributed by atoms with van der Waals surface area (Å²) < 4.78 is 1.79. The second-order valence-corrected chi connectivity index (χ2v) is 5.99. The molecule has 1 aliphatic heterocycles. The molecule has 0 bridgehead atoms. The molecule has 4 rings (SSSR count). The van der Waals surface area contributed by atoms with Crippen LogP contribution in [0.15, 0.2) is 54.6 Å². The molecule has 2 heterocycles. The molecule has 5 nitrogen and oxygen atoms in total. The minimum atomic E-state index is -0.0631. The van der Waals surface area contributed by atoms with Crippen molar-refractivity contribution in [2.75, 3.05) is 5.32 Å². The normalized spacial score (nSPS) is 16.5. The van der Waals surface area contributed by atoms with Crippen LogP contribution < -0.4 is 5.32 Å². The number of aromatic nitrogens is 2. The Kier molecular flexibility index (Phi) is 3.34. The predicted molar refractivity (Wildman–Crippen MR) is 91.5 cm³/mol. The molecule has 1 amide bonds. The van der Waals surface area contributed by atoms with Crippen LogP contribution in [0, 0.1) is 6.92 Å². The van der Waals surface area contributed by atoms with Gasteiger partial charge in [-0.1, -0.05) is 30.3 Å². The Morgan fingerprint density at radius 2 is 1.83 bits per heavy atom. The molecule has 0 unspecified atom stereocenters. The molecule has 0 fully saturated rings. The van der Waals surface area contributed by atoms with E-state index >= 15 is 0 Å². The number of phenolic OH excluding ortho intramolecular Hbond substituents is 1. The Labute approximate surface area is 139 Å². The van der Waals surface area contributed by atoms with Crippen molar-refractivity contribution in [3.8, 4) is 11.4 Å². The Balaban J connectivity index is 1.87. The first-order chi connectivity index (χ1) is 11.6. The summed E-state index contributed by atoms with van der Waals surface area (Å²) in [5.41, 5.74) is 3.84. The number of para-hydroxylation sites is 1. The number of benzene rings is 2. The highest BCUT2D eigenvalue weighted by Gasteiger charge is 2.32. The molecule has 5 heteroatoms. The fourth-order valence-corrected chi connectivity index (χ4v) is 3.29. The van der Waals surface area contributed by atoms with E-state index in [0.29, 0.717) is 6.42 Å². The summed E-state index contributed by atoms with van der Waals surface area (Å²) in [5, 5.41) is 17.1. The quantitative estimate of drug-likeness (QED) is 0.761. The summed E-state index contributed by atoms with van der Waals surface area (Å²) >= 11 is 0. The summed E-state index contributed by atoms with van der Waals surface area (Å²) in [6, 6.07) is 16.8. The summed E-state index contributed by atoms with van der Waals surface area (Å²) in [6.07, 6.45) is 0.374. The van der Waals surface area contributed by atoms with Gasteiger partial charge in [-0.3, -0.25) is 4.79 Å². The topological polar surface area (TPSA) is 67.1 Å². The Hall–Kier alpha value is -3.08. The SMILES string of the molecule is Cc1nn(-c2ccccc2)c2c1[C@@H](c1ccc(O)cc1)CC(=O)N2. The van der Waals surface area contributed by atoms with E-state index in [2.05, 4.69) is 10.4 Å². The number of phenols is 1.